The highest BCUT2D eigenvalue weighted by atomic mass is 32.1. The summed E-state index contributed by atoms with van der Waals surface area (Å²) in [4.78, 5) is 7.15. The van der Waals surface area contributed by atoms with E-state index < -0.39 is 0 Å². The van der Waals surface area contributed by atoms with Gasteiger partial charge in [0.15, 0.2) is 0 Å². The highest BCUT2D eigenvalue weighted by Crippen LogP contribution is 2.20. The van der Waals surface area contributed by atoms with Gasteiger partial charge in [-0.15, -0.1) is 11.3 Å². The standard InChI is InChI=1S/C15H18N2S/c1-2-15-16-14(11-18-15)10-17-8-7-12-5-3-4-6-13(12)9-17/h3-6,11H,2,7-10H2,1H3. The number of nitrogens with zero attached hydrogens (tertiary/aromatic N) is 2. The summed E-state index contributed by atoms with van der Waals surface area (Å²) in [6.45, 7) is 5.37. The second-order valence-corrected chi connectivity index (χ2v) is 5.76. The first kappa shape index (κ1) is 11.9. The normalized spacial score (nSPS) is 15.6. The lowest BCUT2D eigenvalue weighted by atomic mass is 10.00. The minimum Gasteiger partial charge on any atom is -0.293 e. The molecule has 0 saturated carbocycles. The fourth-order valence-electron chi connectivity index (χ4n) is 2.50. The minimum absolute atomic E-state index is 0.991. The van der Waals surface area contributed by atoms with Gasteiger partial charge in [0.1, 0.15) is 0 Å². The number of rotatable bonds is 3. The molecule has 2 heterocycles. The van der Waals surface area contributed by atoms with Gasteiger partial charge in [-0.25, -0.2) is 4.98 Å². The molecule has 0 bridgehead atoms. The van der Waals surface area contributed by atoms with Crippen molar-refractivity contribution in [3.05, 3.63) is 51.5 Å². The van der Waals surface area contributed by atoms with Crippen LogP contribution < -0.4 is 0 Å². The van der Waals surface area contributed by atoms with Crippen molar-refractivity contribution in [2.24, 2.45) is 0 Å². The Hall–Kier alpha value is -1.19. The molecular formula is C15H18N2S. The first-order valence-corrected chi connectivity index (χ1v) is 7.45. The fourth-order valence-corrected chi connectivity index (χ4v) is 3.24. The van der Waals surface area contributed by atoms with E-state index in [-0.39, 0.29) is 0 Å². The van der Waals surface area contributed by atoms with E-state index in [4.69, 9.17) is 0 Å². The molecule has 94 valence electrons. The quantitative estimate of drug-likeness (QED) is 0.840. The Bertz CT molecular complexity index is 533. The van der Waals surface area contributed by atoms with E-state index >= 15 is 0 Å². The summed E-state index contributed by atoms with van der Waals surface area (Å²) in [6, 6.07) is 8.79. The van der Waals surface area contributed by atoms with Crippen LogP contribution in [0.4, 0.5) is 0 Å². The third-order valence-corrected chi connectivity index (χ3v) is 4.54. The number of fused-ring (bicyclic) bond motifs is 1. The van der Waals surface area contributed by atoms with Crippen molar-refractivity contribution in [2.75, 3.05) is 6.54 Å². The molecule has 18 heavy (non-hydrogen) atoms. The highest BCUT2D eigenvalue weighted by molar-refractivity contribution is 7.09. The molecule has 0 unspecified atom stereocenters. The molecule has 3 heteroatoms. The molecule has 0 fully saturated rings. The molecule has 0 amide bonds. The molecule has 0 atom stereocenters. The number of hydrogen-bond donors (Lipinski definition) is 0. The van der Waals surface area contributed by atoms with Gasteiger partial charge in [-0.1, -0.05) is 31.2 Å². The van der Waals surface area contributed by atoms with E-state index in [1.807, 2.05) is 0 Å². The Morgan fingerprint density at radius 3 is 2.89 bits per heavy atom. The summed E-state index contributed by atoms with van der Waals surface area (Å²) >= 11 is 1.79. The van der Waals surface area contributed by atoms with Crippen molar-refractivity contribution >= 4 is 11.3 Å². The second kappa shape index (κ2) is 5.21. The van der Waals surface area contributed by atoms with Gasteiger partial charge < -0.3 is 0 Å². The van der Waals surface area contributed by atoms with Crippen LogP contribution in [0.1, 0.15) is 28.8 Å². The van der Waals surface area contributed by atoms with Gasteiger partial charge in [-0.2, -0.15) is 0 Å². The van der Waals surface area contributed by atoms with Crippen molar-refractivity contribution in [2.45, 2.75) is 32.9 Å². The highest BCUT2D eigenvalue weighted by Gasteiger charge is 2.16. The van der Waals surface area contributed by atoms with Gasteiger partial charge in [0.2, 0.25) is 0 Å². The third kappa shape index (κ3) is 2.47. The van der Waals surface area contributed by atoms with Gasteiger partial charge in [-0.05, 0) is 24.0 Å². The van der Waals surface area contributed by atoms with Crippen LogP contribution >= 0.6 is 11.3 Å². The largest absolute Gasteiger partial charge is 0.293 e. The van der Waals surface area contributed by atoms with E-state index in [1.165, 1.54) is 28.2 Å². The molecule has 0 spiro atoms. The average molecular weight is 258 g/mol. The van der Waals surface area contributed by atoms with E-state index in [0.717, 1.165) is 26.1 Å². The predicted octanol–water partition coefficient (Wildman–Crippen LogP) is 3.26. The van der Waals surface area contributed by atoms with Crippen LogP contribution in [0.3, 0.4) is 0 Å². The van der Waals surface area contributed by atoms with Crippen molar-refractivity contribution in [1.29, 1.82) is 0 Å². The number of aromatic nitrogens is 1. The summed E-state index contributed by atoms with van der Waals surface area (Å²) in [7, 11) is 0. The van der Waals surface area contributed by atoms with Crippen molar-refractivity contribution < 1.29 is 0 Å². The Morgan fingerprint density at radius 1 is 1.28 bits per heavy atom. The fraction of sp³-hybridized carbons (Fsp3) is 0.400. The van der Waals surface area contributed by atoms with Crippen LogP contribution in [-0.2, 0) is 25.9 Å². The van der Waals surface area contributed by atoms with Crippen molar-refractivity contribution in [3.8, 4) is 0 Å². The van der Waals surface area contributed by atoms with Crippen molar-refractivity contribution in [1.82, 2.24) is 9.88 Å². The maximum absolute atomic E-state index is 4.66. The second-order valence-electron chi connectivity index (χ2n) is 4.82. The Kier molecular flexibility index (Phi) is 3.43. The maximum atomic E-state index is 4.66. The van der Waals surface area contributed by atoms with Crippen LogP contribution in [-0.4, -0.2) is 16.4 Å². The lowest BCUT2D eigenvalue weighted by Gasteiger charge is -2.27. The summed E-state index contributed by atoms with van der Waals surface area (Å²) in [5, 5.41) is 3.46. The van der Waals surface area contributed by atoms with Gasteiger partial charge in [0.05, 0.1) is 10.7 Å². The Morgan fingerprint density at radius 2 is 2.11 bits per heavy atom. The number of thiazole rings is 1. The lowest BCUT2D eigenvalue weighted by Crippen LogP contribution is -2.30. The topological polar surface area (TPSA) is 16.1 Å². The number of hydrogen-bond acceptors (Lipinski definition) is 3. The smallest absolute Gasteiger partial charge is 0.0926 e. The monoisotopic (exact) mass is 258 g/mol. The van der Waals surface area contributed by atoms with Crippen molar-refractivity contribution in [3.63, 3.8) is 0 Å². The lowest BCUT2D eigenvalue weighted by molar-refractivity contribution is 0.243. The van der Waals surface area contributed by atoms with Gasteiger partial charge in [-0.3, -0.25) is 4.90 Å². The van der Waals surface area contributed by atoms with E-state index in [0.29, 0.717) is 0 Å². The Balaban J connectivity index is 1.69. The molecule has 0 aliphatic carbocycles. The first-order valence-electron chi connectivity index (χ1n) is 6.57. The molecule has 1 aliphatic heterocycles. The van der Waals surface area contributed by atoms with Crippen LogP contribution in [0.5, 0.6) is 0 Å². The molecule has 3 rings (SSSR count). The zero-order valence-corrected chi connectivity index (χ0v) is 11.5. The molecule has 1 aromatic carbocycles. The molecule has 0 N–H and O–H groups in total. The number of benzene rings is 1. The molecule has 0 radical (unpaired) electrons. The predicted molar refractivity (Wildman–Crippen MR) is 75.8 cm³/mol. The van der Waals surface area contributed by atoms with E-state index in [9.17, 15) is 0 Å². The van der Waals surface area contributed by atoms with Crippen LogP contribution in [0.15, 0.2) is 29.6 Å². The minimum atomic E-state index is 0.991. The SMILES string of the molecule is CCc1nc(CN2CCc3ccccc3C2)cs1. The molecule has 1 aromatic heterocycles. The summed E-state index contributed by atoms with van der Waals surface area (Å²) in [6.07, 6.45) is 2.22. The molecule has 2 aromatic rings. The summed E-state index contributed by atoms with van der Waals surface area (Å²) < 4.78 is 0. The van der Waals surface area contributed by atoms with Gasteiger partial charge in [0.25, 0.3) is 0 Å². The van der Waals surface area contributed by atoms with Crippen LogP contribution in [0.25, 0.3) is 0 Å². The van der Waals surface area contributed by atoms with E-state index in [2.05, 4.69) is 46.5 Å². The summed E-state index contributed by atoms with van der Waals surface area (Å²) in [5.74, 6) is 0. The maximum Gasteiger partial charge on any atom is 0.0926 e. The van der Waals surface area contributed by atoms with Gasteiger partial charge in [0, 0.05) is 25.0 Å². The first-order chi connectivity index (χ1) is 8.85. The Labute approximate surface area is 112 Å². The summed E-state index contributed by atoms with van der Waals surface area (Å²) in [5.41, 5.74) is 4.23. The molecular weight excluding hydrogens is 240 g/mol. The molecule has 1 aliphatic rings. The van der Waals surface area contributed by atoms with Crippen LogP contribution in [0.2, 0.25) is 0 Å². The molecule has 2 nitrogen and oxygen atoms in total. The van der Waals surface area contributed by atoms with Crippen LogP contribution in [0, 0.1) is 0 Å². The molecule has 0 saturated heterocycles. The van der Waals surface area contributed by atoms with Gasteiger partial charge >= 0.3 is 0 Å². The number of aryl methyl sites for hydroxylation is 1. The average Bonchev–Trinajstić information content (AvgIpc) is 2.86. The zero-order chi connectivity index (χ0) is 12.4. The third-order valence-electron chi connectivity index (χ3n) is 3.50. The van der Waals surface area contributed by atoms with E-state index in [1.54, 1.807) is 11.3 Å². The zero-order valence-electron chi connectivity index (χ0n) is 10.7.